The van der Waals surface area contributed by atoms with Gasteiger partial charge in [-0.15, -0.1) is 0 Å². The van der Waals surface area contributed by atoms with Crippen LogP contribution in [0.2, 0.25) is 0 Å². The minimum atomic E-state index is -3.25. The van der Waals surface area contributed by atoms with E-state index in [-0.39, 0.29) is 11.7 Å². The van der Waals surface area contributed by atoms with Crippen molar-refractivity contribution < 1.29 is 17.9 Å². The number of carbonyl (C=O) groups excluding carboxylic acids is 1. The number of rotatable bonds is 8. The van der Waals surface area contributed by atoms with Crippen molar-refractivity contribution in [3.63, 3.8) is 0 Å². The van der Waals surface area contributed by atoms with Crippen molar-refractivity contribution in [2.75, 3.05) is 32.5 Å². The fourth-order valence-corrected chi connectivity index (χ4v) is 5.23. The lowest BCUT2D eigenvalue weighted by molar-refractivity contribution is -0.128. The Labute approximate surface area is 179 Å². The summed E-state index contributed by atoms with van der Waals surface area (Å²) in [6, 6.07) is 17.5. The van der Waals surface area contributed by atoms with Crippen molar-refractivity contribution in [1.82, 2.24) is 9.62 Å². The molecule has 1 aliphatic rings. The molecule has 1 N–H and O–H groups in total. The van der Waals surface area contributed by atoms with E-state index < -0.39 is 15.4 Å². The second-order valence-corrected chi connectivity index (χ2v) is 9.82. The van der Waals surface area contributed by atoms with Crippen LogP contribution in [0, 0.1) is 0 Å². The van der Waals surface area contributed by atoms with Gasteiger partial charge >= 0.3 is 0 Å². The van der Waals surface area contributed by atoms with Gasteiger partial charge in [0.15, 0.2) is 0 Å². The molecule has 1 fully saturated rings. The number of benzene rings is 2. The zero-order valence-electron chi connectivity index (χ0n) is 17.6. The van der Waals surface area contributed by atoms with Gasteiger partial charge in [-0.25, -0.2) is 12.7 Å². The lowest BCUT2D eigenvalue weighted by atomic mass is 9.72. The summed E-state index contributed by atoms with van der Waals surface area (Å²) in [5.41, 5.74) is 1.26. The third-order valence-electron chi connectivity index (χ3n) is 5.97. The summed E-state index contributed by atoms with van der Waals surface area (Å²) in [6.45, 7) is 2.85. The smallest absolute Gasteiger partial charge is 0.230 e. The lowest BCUT2D eigenvalue weighted by Crippen LogP contribution is -2.53. The minimum Gasteiger partial charge on any atom is -0.496 e. The number of ether oxygens (including phenoxy) is 1. The van der Waals surface area contributed by atoms with Gasteiger partial charge in [0.05, 0.1) is 18.3 Å². The average Bonchev–Trinajstić information content (AvgIpc) is 2.79. The molecule has 162 valence electrons. The number of hydrogen-bond donors (Lipinski definition) is 1. The standard InChI is InChI=1S/C23H30N2O4S/c1-3-30(27,28)25-17-14-23(15-18-25,20-10-5-4-6-11-20)22(26)24-16-13-19-9-7-8-12-21(19)29-2/h4-12H,3,13-18H2,1-2H3,(H,24,26). The topological polar surface area (TPSA) is 75.7 Å². The fraction of sp³-hybridized carbons (Fsp3) is 0.435. The van der Waals surface area contributed by atoms with Crippen LogP contribution in [0.15, 0.2) is 54.6 Å². The molecular weight excluding hydrogens is 400 g/mol. The van der Waals surface area contributed by atoms with E-state index in [4.69, 9.17) is 4.74 Å². The first-order valence-electron chi connectivity index (χ1n) is 10.4. The minimum absolute atomic E-state index is 0.0443. The molecule has 7 heteroatoms. The molecule has 0 spiro atoms. The fourth-order valence-electron chi connectivity index (χ4n) is 4.12. The normalized spacial score (nSPS) is 16.7. The summed E-state index contributed by atoms with van der Waals surface area (Å²) >= 11 is 0. The number of amides is 1. The van der Waals surface area contributed by atoms with Crippen LogP contribution < -0.4 is 10.1 Å². The molecular formula is C23H30N2O4S. The van der Waals surface area contributed by atoms with Gasteiger partial charge in [-0.1, -0.05) is 48.5 Å². The van der Waals surface area contributed by atoms with E-state index in [0.29, 0.717) is 38.9 Å². The van der Waals surface area contributed by atoms with Crippen LogP contribution in [0.5, 0.6) is 5.75 Å². The molecule has 0 saturated carbocycles. The van der Waals surface area contributed by atoms with Crippen LogP contribution in [0.4, 0.5) is 0 Å². The van der Waals surface area contributed by atoms with Gasteiger partial charge < -0.3 is 10.1 Å². The van der Waals surface area contributed by atoms with Gasteiger partial charge in [0, 0.05) is 19.6 Å². The third-order valence-corrected chi connectivity index (χ3v) is 7.85. The summed E-state index contributed by atoms with van der Waals surface area (Å²) < 4.78 is 31.4. The van der Waals surface area contributed by atoms with Gasteiger partial charge in [-0.3, -0.25) is 4.79 Å². The van der Waals surface area contributed by atoms with Crippen molar-refractivity contribution in [2.45, 2.75) is 31.6 Å². The van der Waals surface area contributed by atoms with Crippen molar-refractivity contribution in [3.8, 4) is 5.75 Å². The lowest BCUT2D eigenvalue weighted by Gasteiger charge is -2.40. The Morgan fingerprint density at radius 1 is 1.07 bits per heavy atom. The number of methoxy groups -OCH3 is 1. The monoisotopic (exact) mass is 430 g/mol. The predicted molar refractivity (Wildman–Crippen MR) is 118 cm³/mol. The molecule has 1 saturated heterocycles. The summed E-state index contributed by atoms with van der Waals surface area (Å²) in [6.07, 6.45) is 1.60. The first-order chi connectivity index (χ1) is 14.4. The highest BCUT2D eigenvalue weighted by Gasteiger charge is 2.44. The summed E-state index contributed by atoms with van der Waals surface area (Å²) in [5.74, 6) is 0.843. The largest absolute Gasteiger partial charge is 0.496 e. The Balaban J connectivity index is 1.74. The number of piperidine rings is 1. The van der Waals surface area contributed by atoms with Crippen molar-refractivity contribution in [2.24, 2.45) is 0 Å². The molecule has 6 nitrogen and oxygen atoms in total. The van der Waals surface area contributed by atoms with E-state index in [1.165, 1.54) is 4.31 Å². The second kappa shape index (κ2) is 9.62. The molecule has 0 atom stereocenters. The number of sulfonamides is 1. The molecule has 2 aromatic rings. The van der Waals surface area contributed by atoms with Gasteiger partial charge in [0.2, 0.25) is 15.9 Å². The summed E-state index contributed by atoms with van der Waals surface area (Å²) in [7, 11) is -1.61. The van der Waals surface area contributed by atoms with Crippen molar-refractivity contribution in [3.05, 3.63) is 65.7 Å². The molecule has 2 aromatic carbocycles. The highest BCUT2D eigenvalue weighted by Crippen LogP contribution is 2.36. The maximum atomic E-state index is 13.4. The van der Waals surface area contributed by atoms with Gasteiger partial charge in [-0.2, -0.15) is 0 Å². The maximum Gasteiger partial charge on any atom is 0.230 e. The van der Waals surface area contributed by atoms with Crippen LogP contribution >= 0.6 is 0 Å². The Morgan fingerprint density at radius 2 is 1.70 bits per heavy atom. The van der Waals surface area contributed by atoms with Gasteiger partial charge in [-0.05, 0) is 43.4 Å². The van der Waals surface area contributed by atoms with E-state index in [9.17, 15) is 13.2 Å². The van der Waals surface area contributed by atoms with E-state index in [1.807, 2.05) is 54.6 Å². The number of carbonyl (C=O) groups is 1. The van der Waals surface area contributed by atoms with Crippen LogP contribution in [0.3, 0.4) is 0 Å². The Bertz CT molecular complexity index is 952. The number of nitrogens with one attached hydrogen (secondary N) is 1. The molecule has 0 radical (unpaired) electrons. The molecule has 0 unspecified atom stereocenters. The first kappa shape index (κ1) is 22.3. The number of nitrogens with zero attached hydrogens (tertiary/aromatic N) is 1. The van der Waals surface area contributed by atoms with E-state index >= 15 is 0 Å². The van der Waals surface area contributed by atoms with Crippen LogP contribution in [-0.2, 0) is 26.7 Å². The molecule has 1 heterocycles. The summed E-state index contributed by atoms with van der Waals surface area (Å²) in [4.78, 5) is 13.4. The maximum absolute atomic E-state index is 13.4. The predicted octanol–water partition coefficient (Wildman–Crippen LogP) is 2.74. The van der Waals surface area contributed by atoms with Crippen molar-refractivity contribution in [1.29, 1.82) is 0 Å². The molecule has 0 aliphatic carbocycles. The molecule has 0 bridgehead atoms. The highest BCUT2D eigenvalue weighted by molar-refractivity contribution is 7.89. The zero-order chi connectivity index (χ0) is 21.6. The van der Waals surface area contributed by atoms with Crippen LogP contribution in [0.1, 0.15) is 30.9 Å². The Kier molecular flexibility index (Phi) is 7.15. The van der Waals surface area contributed by atoms with Crippen molar-refractivity contribution >= 4 is 15.9 Å². The molecule has 3 rings (SSSR count). The highest BCUT2D eigenvalue weighted by atomic mass is 32.2. The summed E-state index contributed by atoms with van der Waals surface area (Å²) in [5, 5.41) is 3.10. The Hall–Kier alpha value is -2.38. The average molecular weight is 431 g/mol. The zero-order valence-corrected chi connectivity index (χ0v) is 18.5. The molecule has 1 aliphatic heterocycles. The Morgan fingerprint density at radius 3 is 2.33 bits per heavy atom. The van der Waals surface area contributed by atoms with Gasteiger partial charge in [0.1, 0.15) is 5.75 Å². The quantitative estimate of drug-likeness (QED) is 0.699. The number of hydrogen-bond acceptors (Lipinski definition) is 4. The SMILES string of the molecule is CCS(=O)(=O)N1CCC(C(=O)NCCc2ccccc2OC)(c2ccccc2)CC1. The molecule has 1 amide bonds. The molecule has 0 aromatic heterocycles. The third kappa shape index (κ3) is 4.68. The second-order valence-electron chi connectivity index (χ2n) is 7.57. The van der Waals surface area contributed by atoms with E-state index in [1.54, 1.807) is 14.0 Å². The van der Waals surface area contributed by atoms with Gasteiger partial charge in [0.25, 0.3) is 0 Å². The van der Waals surface area contributed by atoms with Crippen LogP contribution in [-0.4, -0.2) is 51.1 Å². The first-order valence-corrected chi connectivity index (χ1v) is 12.0. The van der Waals surface area contributed by atoms with Crippen LogP contribution in [0.25, 0.3) is 0 Å². The number of para-hydroxylation sites is 1. The van der Waals surface area contributed by atoms with E-state index in [2.05, 4.69) is 5.32 Å². The van der Waals surface area contributed by atoms with E-state index in [0.717, 1.165) is 16.9 Å². The molecule has 30 heavy (non-hydrogen) atoms.